The lowest BCUT2D eigenvalue weighted by molar-refractivity contribution is 0.602. The quantitative estimate of drug-likeness (QED) is 0.880. The number of nitrogens with one attached hydrogen (secondary N) is 1. The summed E-state index contributed by atoms with van der Waals surface area (Å²) in [5.41, 5.74) is 1.61. The van der Waals surface area contributed by atoms with Gasteiger partial charge in [-0.3, -0.25) is 4.98 Å². The van der Waals surface area contributed by atoms with Crippen LogP contribution in [0.2, 0.25) is 0 Å². The number of sulfone groups is 1. The monoisotopic (exact) mass is 251 g/mol. The van der Waals surface area contributed by atoms with Crippen LogP contribution in [0.15, 0.2) is 30.5 Å². The maximum Gasteiger partial charge on any atom is 0.149 e. The molecule has 2 aromatic rings. The SMILES string of the molecule is CS(=O)(=O)CCNc1cnc2ccccc2n1. The fourth-order valence-electron chi connectivity index (χ4n) is 1.41. The molecule has 5 nitrogen and oxygen atoms in total. The molecule has 1 N–H and O–H groups in total. The lowest BCUT2D eigenvalue weighted by Gasteiger charge is -2.05. The first kappa shape index (κ1) is 11.8. The highest BCUT2D eigenvalue weighted by Crippen LogP contribution is 2.10. The molecule has 0 saturated carbocycles. The number of aromatic nitrogens is 2. The maximum atomic E-state index is 11.0. The zero-order valence-corrected chi connectivity index (χ0v) is 10.2. The molecule has 17 heavy (non-hydrogen) atoms. The molecule has 0 unspecified atom stereocenters. The molecule has 2 rings (SSSR count). The Bertz CT molecular complexity index is 625. The van der Waals surface area contributed by atoms with E-state index in [1.54, 1.807) is 6.20 Å². The van der Waals surface area contributed by atoms with Crippen LogP contribution >= 0.6 is 0 Å². The minimum Gasteiger partial charge on any atom is -0.368 e. The van der Waals surface area contributed by atoms with Gasteiger partial charge in [0.1, 0.15) is 15.7 Å². The average molecular weight is 251 g/mol. The van der Waals surface area contributed by atoms with Gasteiger partial charge >= 0.3 is 0 Å². The topological polar surface area (TPSA) is 72.0 Å². The van der Waals surface area contributed by atoms with Gasteiger partial charge in [0.15, 0.2) is 0 Å². The van der Waals surface area contributed by atoms with Crippen LogP contribution in [0.4, 0.5) is 5.82 Å². The van der Waals surface area contributed by atoms with E-state index in [4.69, 9.17) is 0 Å². The first-order valence-electron chi connectivity index (χ1n) is 5.18. The first-order valence-corrected chi connectivity index (χ1v) is 7.24. The largest absolute Gasteiger partial charge is 0.368 e. The lowest BCUT2D eigenvalue weighted by Crippen LogP contribution is -2.14. The number of rotatable bonds is 4. The van der Waals surface area contributed by atoms with Gasteiger partial charge in [-0.05, 0) is 12.1 Å². The fourth-order valence-corrected chi connectivity index (χ4v) is 1.88. The van der Waals surface area contributed by atoms with Gasteiger partial charge in [-0.25, -0.2) is 13.4 Å². The zero-order valence-electron chi connectivity index (χ0n) is 9.42. The summed E-state index contributed by atoms with van der Waals surface area (Å²) >= 11 is 0. The molecular formula is C11H13N3O2S. The molecule has 0 spiro atoms. The summed E-state index contributed by atoms with van der Waals surface area (Å²) in [5, 5.41) is 2.94. The Kier molecular flexibility index (Phi) is 3.23. The molecule has 0 aliphatic carbocycles. The smallest absolute Gasteiger partial charge is 0.149 e. The van der Waals surface area contributed by atoms with Gasteiger partial charge < -0.3 is 5.32 Å². The van der Waals surface area contributed by atoms with Crippen molar-refractivity contribution < 1.29 is 8.42 Å². The lowest BCUT2D eigenvalue weighted by atomic mass is 10.3. The van der Waals surface area contributed by atoms with Crippen molar-refractivity contribution in [3.05, 3.63) is 30.5 Å². The molecule has 0 fully saturated rings. The van der Waals surface area contributed by atoms with Crippen molar-refractivity contribution in [1.82, 2.24) is 9.97 Å². The average Bonchev–Trinajstić information content (AvgIpc) is 2.27. The summed E-state index contributed by atoms with van der Waals surface area (Å²) < 4.78 is 21.9. The predicted octanol–water partition coefficient (Wildman–Crippen LogP) is 1.09. The van der Waals surface area contributed by atoms with Gasteiger partial charge in [0, 0.05) is 12.8 Å². The fraction of sp³-hybridized carbons (Fsp3) is 0.273. The number of fused-ring (bicyclic) bond motifs is 1. The molecule has 0 radical (unpaired) electrons. The van der Waals surface area contributed by atoms with E-state index in [2.05, 4.69) is 15.3 Å². The van der Waals surface area contributed by atoms with Crippen LogP contribution in [0.1, 0.15) is 0 Å². The highest BCUT2D eigenvalue weighted by Gasteiger charge is 2.02. The number of benzene rings is 1. The first-order chi connectivity index (χ1) is 8.04. The van der Waals surface area contributed by atoms with E-state index in [0.29, 0.717) is 12.4 Å². The van der Waals surface area contributed by atoms with Crippen molar-refractivity contribution in [2.45, 2.75) is 0 Å². The number of nitrogens with zero attached hydrogens (tertiary/aromatic N) is 2. The Morgan fingerprint density at radius 3 is 2.65 bits per heavy atom. The van der Waals surface area contributed by atoms with Crippen molar-refractivity contribution >= 4 is 26.7 Å². The normalized spacial score (nSPS) is 11.6. The highest BCUT2D eigenvalue weighted by atomic mass is 32.2. The van der Waals surface area contributed by atoms with Gasteiger partial charge in [-0.2, -0.15) is 0 Å². The summed E-state index contributed by atoms with van der Waals surface area (Å²) in [4.78, 5) is 8.55. The third-order valence-electron chi connectivity index (χ3n) is 2.23. The zero-order chi connectivity index (χ0) is 12.3. The molecule has 90 valence electrons. The predicted molar refractivity (Wildman–Crippen MR) is 67.7 cm³/mol. The molecule has 0 amide bonds. The standard InChI is InChI=1S/C11H13N3O2S/c1-17(15,16)7-6-12-11-8-13-9-4-2-3-5-10(9)14-11/h2-5,8H,6-7H2,1H3,(H,12,14). The van der Waals surface area contributed by atoms with Crippen LogP contribution in [0.5, 0.6) is 0 Å². The van der Waals surface area contributed by atoms with E-state index in [-0.39, 0.29) is 5.75 Å². The molecular weight excluding hydrogens is 238 g/mol. The number of hydrogen-bond acceptors (Lipinski definition) is 5. The maximum absolute atomic E-state index is 11.0. The second kappa shape index (κ2) is 4.67. The van der Waals surface area contributed by atoms with Crippen LogP contribution in [-0.4, -0.2) is 36.9 Å². The Morgan fingerprint density at radius 2 is 1.94 bits per heavy atom. The summed E-state index contributed by atoms with van der Waals surface area (Å²) in [6.07, 6.45) is 2.81. The molecule has 0 saturated heterocycles. The van der Waals surface area contributed by atoms with E-state index in [0.717, 1.165) is 11.0 Å². The summed E-state index contributed by atoms with van der Waals surface area (Å²) in [6.45, 7) is 0.339. The number of para-hydroxylation sites is 2. The summed E-state index contributed by atoms with van der Waals surface area (Å²) in [7, 11) is -2.95. The van der Waals surface area contributed by atoms with Crippen molar-refractivity contribution in [3.63, 3.8) is 0 Å². The van der Waals surface area contributed by atoms with Gasteiger partial charge in [-0.15, -0.1) is 0 Å². The van der Waals surface area contributed by atoms with Crippen LogP contribution in [0.3, 0.4) is 0 Å². The van der Waals surface area contributed by atoms with E-state index in [1.807, 2.05) is 24.3 Å². The molecule has 6 heteroatoms. The molecule has 1 aromatic heterocycles. The van der Waals surface area contributed by atoms with E-state index in [1.165, 1.54) is 6.26 Å². The highest BCUT2D eigenvalue weighted by molar-refractivity contribution is 7.90. The minimum absolute atomic E-state index is 0.0848. The number of anilines is 1. The summed E-state index contributed by atoms with van der Waals surface area (Å²) in [5.74, 6) is 0.675. The van der Waals surface area contributed by atoms with Crippen LogP contribution in [0.25, 0.3) is 11.0 Å². The molecule has 0 aliphatic rings. The van der Waals surface area contributed by atoms with Crippen molar-refractivity contribution in [2.75, 3.05) is 23.9 Å². The Morgan fingerprint density at radius 1 is 1.24 bits per heavy atom. The van der Waals surface area contributed by atoms with Gasteiger partial charge in [0.25, 0.3) is 0 Å². The molecule has 0 atom stereocenters. The van der Waals surface area contributed by atoms with Crippen LogP contribution < -0.4 is 5.32 Å². The van der Waals surface area contributed by atoms with Crippen LogP contribution in [-0.2, 0) is 9.84 Å². The van der Waals surface area contributed by atoms with Crippen molar-refractivity contribution in [2.24, 2.45) is 0 Å². The van der Waals surface area contributed by atoms with Crippen molar-refractivity contribution in [1.29, 1.82) is 0 Å². The second-order valence-electron chi connectivity index (χ2n) is 3.80. The molecule has 0 bridgehead atoms. The van der Waals surface area contributed by atoms with E-state index in [9.17, 15) is 8.42 Å². The Hall–Kier alpha value is -1.69. The third-order valence-corrected chi connectivity index (χ3v) is 3.17. The third kappa shape index (κ3) is 3.39. The van der Waals surface area contributed by atoms with Gasteiger partial charge in [0.05, 0.1) is 23.0 Å². The molecule has 0 aliphatic heterocycles. The van der Waals surface area contributed by atoms with E-state index < -0.39 is 9.84 Å². The van der Waals surface area contributed by atoms with E-state index >= 15 is 0 Å². The van der Waals surface area contributed by atoms with Gasteiger partial charge in [0.2, 0.25) is 0 Å². The Balaban J connectivity index is 2.09. The number of hydrogen-bond donors (Lipinski definition) is 1. The second-order valence-corrected chi connectivity index (χ2v) is 6.06. The Labute approximate surface area is 99.8 Å². The van der Waals surface area contributed by atoms with Gasteiger partial charge in [-0.1, -0.05) is 12.1 Å². The molecule has 1 heterocycles. The molecule has 1 aromatic carbocycles. The summed E-state index contributed by atoms with van der Waals surface area (Å²) in [6, 6.07) is 7.53. The van der Waals surface area contributed by atoms with Crippen LogP contribution in [0, 0.1) is 0 Å². The minimum atomic E-state index is -2.95. The van der Waals surface area contributed by atoms with Crippen molar-refractivity contribution in [3.8, 4) is 0 Å².